The average molecular weight is 321 g/mol. The van der Waals surface area contributed by atoms with Crippen LogP contribution in [0.5, 0.6) is 0 Å². The third-order valence-electron chi connectivity index (χ3n) is 3.49. The number of hydrogen-bond donors (Lipinski definition) is 1. The van der Waals surface area contributed by atoms with Crippen LogP contribution in [0.3, 0.4) is 0 Å². The molecule has 0 unspecified atom stereocenters. The highest BCUT2D eigenvalue weighted by atomic mass is 19.1. The normalized spacial score (nSPS) is 10.7. The summed E-state index contributed by atoms with van der Waals surface area (Å²) in [6.45, 7) is 1.24. The van der Waals surface area contributed by atoms with Crippen LogP contribution in [0.15, 0.2) is 24.3 Å². The molecule has 0 aliphatic rings. The number of aliphatic hydroxyl groups is 1. The van der Waals surface area contributed by atoms with Crippen molar-refractivity contribution in [1.82, 2.24) is 4.98 Å². The number of aliphatic hydroxyl groups excluding tert-OH is 1. The number of esters is 1. The lowest BCUT2D eigenvalue weighted by Crippen LogP contribution is -2.14. The lowest BCUT2D eigenvalue weighted by atomic mass is 9.93. The third kappa shape index (κ3) is 3.37. The van der Waals surface area contributed by atoms with Crippen molar-refractivity contribution in [3.05, 3.63) is 52.9 Å². The van der Waals surface area contributed by atoms with E-state index < -0.39 is 24.3 Å². The van der Waals surface area contributed by atoms with Gasteiger partial charge in [-0.1, -0.05) is 25.5 Å². The molecule has 0 radical (unpaired) electrons. The Kier molecular flexibility index (Phi) is 5.39. The van der Waals surface area contributed by atoms with Gasteiger partial charge in [-0.05, 0) is 24.1 Å². The van der Waals surface area contributed by atoms with E-state index in [4.69, 9.17) is 4.74 Å². The van der Waals surface area contributed by atoms with Crippen molar-refractivity contribution in [2.45, 2.75) is 26.4 Å². The molecule has 0 bridgehead atoms. The fraction of sp³-hybridized carbons (Fsp3) is 0.294. The standard InChI is InChI=1S/C17H17F2NO3/c1-3-4-13-15(17(22)23-2)14(12(9-21)16(19)20-13)10-5-7-11(18)8-6-10/h5-8,21H,3-4,9H2,1-2H3. The van der Waals surface area contributed by atoms with Crippen molar-refractivity contribution in [2.75, 3.05) is 7.11 Å². The minimum absolute atomic E-state index is 0.103. The third-order valence-corrected chi connectivity index (χ3v) is 3.49. The number of hydrogen-bond acceptors (Lipinski definition) is 4. The fourth-order valence-electron chi connectivity index (χ4n) is 2.46. The Balaban J connectivity index is 2.83. The molecule has 2 aromatic rings. The Bertz CT molecular complexity index is 715. The molecule has 23 heavy (non-hydrogen) atoms. The maximum Gasteiger partial charge on any atom is 0.340 e. The highest BCUT2D eigenvalue weighted by Crippen LogP contribution is 2.32. The van der Waals surface area contributed by atoms with E-state index in [-0.39, 0.29) is 22.4 Å². The number of aromatic nitrogens is 1. The number of benzene rings is 1. The van der Waals surface area contributed by atoms with Crippen LogP contribution in [-0.4, -0.2) is 23.2 Å². The molecular weight excluding hydrogens is 304 g/mol. The summed E-state index contributed by atoms with van der Waals surface area (Å²) in [5.74, 6) is -1.97. The van der Waals surface area contributed by atoms with Gasteiger partial charge in [0.1, 0.15) is 5.82 Å². The highest BCUT2D eigenvalue weighted by Gasteiger charge is 2.25. The number of carbonyl (C=O) groups is 1. The van der Waals surface area contributed by atoms with Gasteiger partial charge in [-0.15, -0.1) is 0 Å². The molecule has 0 saturated carbocycles. The van der Waals surface area contributed by atoms with Gasteiger partial charge in [0.15, 0.2) is 0 Å². The molecule has 2 rings (SSSR count). The maximum atomic E-state index is 14.2. The van der Waals surface area contributed by atoms with Crippen LogP contribution in [0.4, 0.5) is 8.78 Å². The maximum absolute atomic E-state index is 14.2. The van der Waals surface area contributed by atoms with E-state index in [1.807, 2.05) is 6.92 Å². The molecule has 1 heterocycles. The molecule has 6 heteroatoms. The van der Waals surface area contributed by atoms with E-state index >= 15 is 0 Å². The van der Waals surface area contributed by atoms with Crippen molar-refractivity contribution in [3.8, 4) is 11.1 Å². The number of ether oxygens (including phenoxy) is 1. The van der Waals surface area contributed by atoms with E-state index in [0.717, 1.165) is 0 Å². The molecule has 0 spiro atoms. The van der Waals surface area contributed by atoms with E-state index in [1.54, 1.807) is 0 Å². The predicted octanol–water partition coefficient (Wildman–Crippen LogP) is 3.26. The number of halogens is 2. The molecule has 1 N–H and O–H groups in total. The molecule has 0 aliphatic carbocycles. The zero-order valence-corrected chi connectivity index (χ0v) is 12.9. The summed E-state index contributed by atoms with van der Waals surface area (Å²) in [7, 11) is 1.22. The van der Waals surface area contributed by atoms with Crippen molar-refractivity contribution in [3.63, 3.8) is 0 Å². The lowest BCUT2D eigenvalue weighted by molar-refractivity contribution is 0.0599. The van der Waals surface area contributed by atoms with E-state index in [2.05, 4.69) is 4.98 Å². The van der Waals surface area contributed by atoms with E-state index in [1.165, 1.54) is 31.4 Å². The summed E-state index contributed by atoms with van der Waals surface area (Å²) in [5.41, 5.74) is 0.849. The van der Waals surface area contributed by atoms with Gasteiger partial charge in [-0.2, -0.15) is 4.39 Å². The summed E-state index contributed by atoms with van der Waals surface area (Å²) in [6, 6.07) is 5.25. The first kappa shape index (κ1) is 17.0. The number of aryl methyl sites for hydroxylation is 1. The monoisotopic (exact) mass is 321 g/mol. The molecule has 0 fully saturated rings. The van der Waals surface area contributed by atoms with Gasteiger partial charge in [0, 0.05) is 11.1 Å². The number of methoxy groups -OCH3 is 1. The summed E-state index contributed by atoms with van der Waals surface area (Å²) in [6.07, 6.45) is 1.03. The highest BCUT2D eigenvalue weighted by molar-refractivity contribution is 5.99. The number of pyridine rings is 1. The predicted molar refractivity (Wildman–Crippen MR) is 80.8 cm³/mol. The molecule has 1 aromatic heterocycles. The second-order valence-corrected chi connectivity index (χ2v) is 4.98. The van der Waals surface area contributed by atoms with Crippen molar-refractivity contribution in [1.29, 1.82) is 0 Å². The first-order chi connectivity index (χ1) is 11.0. The van der Waals surface area contributed by atoms with Gasteiger partial charge < -0.3 is 9.84 Å². The number of carbonyl (C=O) groups excluding carboxylic acids is 1. The fourth-order valence-corrected chi connectivity index (χ4v) is 2.46. The zero-order valence-electron chi connectivity index (χ0n) is 12.9. The van der Waals surface area contributed by atoms with Crippen LogP contribution in [0.2, 0.25) is 0 Å². The molecule has 0 atom stereocenters. The topological polar surface area (TPSA) is 59.4 Å². The summed E-state index contributed by atoms with van der Waals surface area (Å²) >= 11 is 0. The van der Waals surface area contributed by atoms with Crippen LogP contribution in [0.1, 0.15) is 35.0 Å². The quantitative estimate of drug-likeness (QED) is 0.678. The van der Waals surface area contributed by atoms with Crippen LogP contribution >= 0.6 is 0 Å². The minimum atomic E-state index is -0.845. The summed E-state index contributed by atoms with van der Waals surface area (Å²) in [4.78, 5) is 16.0. The molecular formula is C17H17F2NO3. The van der Waals surface area contributed by atoms with Crippen molar-refractivity contribution in [2.24, 2.45) is 0 Å². The Labute approximate surface area is 132 Å². The molecule has 0 aliphatic heterocycles. The van der Waals surface area contributed by atoms with E-state index in [9.17, 15) is 18.7 Å². The van der Waals surface area contributed by atoms with Crippen LogP contribution in [0, 0.1) is 11.8 Å². The van der Waals surface area contributed by atoms with Crippen LogP contribution < -0.4 is 0 Å². The smallest absolute Gasteiger partial charge is 0.340 e. The zero-order chi connectivity index (χ0) is 17.0. The number of nitrogens with zero attached hydrogens (tertiary/aromatic N) is 1. The first-order valence-corrected chi connectivity index (χ1v) is 7.19. The lowest BCUT2D eigenvalue weighted by Gasteiger charge is -2.16. The summed E-state index contributed by atoms with van der Waals surface area (Å²) in [5, 5.41) is 9.51. The molecule has 4 nitrogen and oxygen atoms in total. The molecule has 1 aromatic carbocycles. The molecule has 122 valence electrons. The van der Waals surface area contributed by atoms with Gasteiger partial charge in [0.05, 0.1) is 25.0 Å². The second-order valence-electron chi connectivity index (χ2n) is 4.98. The van der Waals surface area contributed by atoms with Crippen molar-refractivity contribution < 1.29 is 23.4 Å². The van der Waals surface area contributed by atoms with Gasteiger partial charge in [0.25, 0.3) is 0 Å². The summed E-state index contributed by atoms with van der Waals surface area (Å²) < 4.78 is 32.2. The number of rotatable bonds is 5. The SMILES string of the molecule is CCCc1nc(F)c(CO)c(-c2ccc(F)cc2)c1C(=O)OC. The largest absolute Gasteiger partial charge is 0.465 e. The Morgan fingerprint density at radius 3 is 2.43 bits per heavy atom. The van der Waals surface area contributed by atoms with Gasteiger partial charge in [-0.3, -0.25) is 0 Å². The van der Waals surface area contributed by atoms with Gasteiger partial charge >= 0.3 is 5.97 Å². The second kappa shape index (κ2) is 7.28. The van der Waals surface area contributed by atoms with Crippen LogP contribution in [-0.2, 0) is 17.8 Å². The minimum Gasteiger partial charge on any atom is -0.465 e. The Morgan fingerprint density at radius 2 is 1.91 bits per heavy atom. The van der Waals surface area contributed by atoms with E-state index in [0.29, 0.717) is 18.4 Å². The van der Waals surface area contributed by atoms with Crippen LogP contribution in [0.25, 0.3) is 11.1 Å². The first-order valence-electron chi connectivity index (χ1n) is 7.19. The van der Waals surface area contributed by atoms with Crippen molar-refractivity contribution >= 4 is 5.97 Å². The van der Waals surface area contributed by atoms with Gasteiger partial charge in [-0.25, -0.2) is 14.2 Å². The van der Waals surface area contributed by atoms with Gasteiger partial charge in [0.2, 0.25) is 5.95 Å². The average Bonchev–Trinajstić information content (AvgIpc) is 2.54. The molecule has 0 amide bonds. The molecule has 0 saturated heterocycles. The Morgan fingerprint density at radius 1 is 1.26 bits per heavy atom. The Hall–Kier alpha value is -2.34.